The van der Waals surface area contributed by atoms with Gasteiger partial charge in [-0.2, -0.15) is 0 Å². The molecule has 0 radical (unpaired) electrons. The summed E-state index contributed by atoms with van der Waals surface area (Å²) in [4.78, 5) is 10.6. The first-order chi connectivity index (χ1) is 8.52. The molecule has 1 aromatic rings. The van der Waals surface area contributed by atoms with E-state index in [4.69, 9.17) is 9.47 Å². The van der Waals surface area contributed by atoms with Gasteiger partial charge < -0.3 is 14.4 Å². The number of aromatic nitrogens is 2. The average Bonchev–Trinajstić information content (AvgIpc) is 2.28. The van der Waals surface area contributed by atoms with Crippen molar-refractivity contribution >= 4 is 21.7 Å². The fourth-order valence-corrected chi connectivity index (χ4v) is 2.17. The molecule has 1 aromatic heterocycles. The second kappa shape index (κ2) is 7.53. The lowest BCUT2D eigenvalue weighted by Gasteiger charge is -2.21. The van der Waals surface area contributed by atoms with Crippen LogP contribution in [0.25, 0.3) is 0 Å². The van der Waals surface area contributed by atoms with Crippen LogP contribution in [0.1, 0.15) is 13.8 Å². The largest absolute Gasteiger partial charge is 0.475 e. The van der Waals surface area contributed by atoms with E-state index in [1.807, 2.05) is 31.9 Å². The van der Waals surface area contributed by atoms with Crippen LogP contribution < -0.4 is 9.64 Å². The number of hydrogen-bond acceptors (Lipinski definition) is 5. The molecule has 0 fully saturated rings. The number of hydrogen-bond donors (Lipinski definition) is 0. The highest BCUT2D eigenvalue weighted by atomic mass is 79.9. The van der Waals surface area contributed by atoms with Gasteiger partial charge in [-0.3, -0.25) is 0 Å². The third-order valence-corrected chi connectivity index (χ3v) is 2.75. The molecule has 0 aromatic carbocycles. The maximum atomic E-state index is 5.54. The second-order valence-electron chi connectivity index (χ2n) is 4.31. The van der Waals surface area contributed by atoms with Crippen LogP contribution in [0.3, 0.4) is 0 Å². The minimum absolute atomic E-state index is 0.107. The number of rotatable bonds is 7. The van der Waals surface area contributed by atoms with E-state index in [0.29, 0.717) is 12.5 Å². The van der Waals surface area contributed by atoms with Gasteiger partial charge in [-0.25, -0.2) is 9.97 Å². The number of anilines is 1. The van der Waals surface area contributed by atoms with Crippen LogP contribution in [0.4, 0.5) is 5.82 Å². The Hall–Kier alpha value is -0.880. The monoisotopic (exact) mass is 317 g/mol. The van der Waals surface area contributed by atoms with Crippen molar-refractivity contribution in [3.8, 4) is 5.88 Å². The highest BCUT2D eigenvalue weighted by molar-refractivity contribution is 9.09. The molecule has 0 saturated heterocycles. The standard InChI is InChI=1S/C12H20BrN3O2/c1-9(2)18-12-5-11(14-8-15-12)16(3)6-10(13)7-17-4/h5,8-10H,6-7H2,1-4H3. The van der Waals surface area contributed by atoms with E-state index < -0.39 is 0 Å². The number of ether oxygens (including phenoxy) is 2. The van der Waals surface area contributed by atoms with E-state index >= 15 is 0 Å². The van der Waals surface area contributed by atoms with Gasteiger partial charge in [-0.1, -0.05) is 15.9 Å². The molecule has 6 heteroatoms. The van der Waals surface area contributed by atoms with Crippen LogP contribution >= 0.6 is 15.9 Å². The van der Waals surface area contributed by atoms with Crippen LogP contribution in [0, 0.1) is 0 Å². The minimum Gasteiger partial charge on any atom is -0.475 e. The molecule has 0 bridgehead atoms. The molecular weight excluding hydrogens is 298 g/mol. The van der Waals surface area contributed by atoms with Crippen LogP contribution in [-0.2, 0) is 4.74 Å². The lowest BCUT2D eigenvalue weighted by molar-refractivity contribution is 0.201. The summed E-state index contributed by atoms with van der Waals surface area (Å²) < 4.78 is 10.6. The van der Waals surface area contributed by atoms with E-state index in [0.717, 1.165) is 12.4 Å². The highest BCUT2D eigenvalue weighted by Crippen LogP contribution is 2.16. The zero-order valence-electron chi connectivity index (χ0n) is 11.3. The van der Waals surface area contributed by atoms with E-state index in [-0.39, 0.29) is 10.9 Å². The Kier molecular flexibility index (Phi) is 6.35. The lowest BCUT2D eigenvalue weighted by atomic mass is 10.4. The molecule has 5 nitrogen and oxygen atoms in total. The molecule has 0 amide bonds. The Balaban J connectivity index is 2.64. The first kappa shape index (κ1) is 15.2. The zero-order chi connectivity index (χ0) is 13.5. The number of nitrogens with zero attached hydrogens (tertiary/aromatic N) is 3. The van der Waals surface area contributed by atoms with Crippen molar-refractivity contribution in [3.05, 3.63) is 12.4 Å². The summed E-state index contributed by atoms with van der Waals surface area (Å²) in [6.45, 7) is 5.40. The molecule has 1 atom stereocenters. The maximum Gasteiger partial charge on any atom is 0.218 e. The average molecular weight is 318 g/mol. The Labute approximate surface area is 117 Å². The highest BCUT2D eigenvalue weighted by Gasteiger charge is 2.11. The van der Waals surface area contributed by atoms with Crippen LogP contribution in [-0.4, -0.2) is 48.2 Å². The van der Waals surface area contributed by atoms with E-state index in [9.17, 15) is 0 Å². The van der Waals surface area contributed by atoms with Gasteiger partial charge in [-0.05, 0) is 13.8 Å². The summed E-state index contributed by atoms with van der Waals surface area (Å²) >= 11 is 3.55. The normalized spacial score (nSPS) is 12.6. The molecule has 0 aliphatic rings. The Morgan fingerprint density at radius 2 is 2.11 bits per heavy atom. The summed E-state index contributed by atoms with van der Waals surface area (Å²) in [6.07, 6.45) is 1.62. The summed E-state index contributed by atoms with van der Waals surface area (Å²) in [5.74, 6) is 1.43. The fourth-order valence-electron chi connectivity index (χ4n) is 1.47. The SMILES string of the molecule is COCC(Br)CN(C)c1cc(OC(C)C)ncn1. The van der Waals surface area contributed by atoms with E-state index in [1.165, 1.54) is 6.33 Å². The number of methoxy groups -OCH3 is 1. The lowest BCUT2D eigenvalue weighted by Crippen LogP contribution is -2.28. The van der Waals surface area contributed by atoms with Gasteiger partial charge in [-0.15, -0.1) is 0 Å². The minimum atomic E-state index is 0.107. The molecule has 1 unspecified atom stereocenters. The van der Waals surface area contributed by atoms with Gasteiger partial charge in [0.1, 0.15) is 12.1 Å². The van der Waals surface area contributed by atoms with Gasteiger partial charge in [0, 0.05) is 26.8 Å². The first-order valence-corrected chi connectivity index (χ1v) is 6.77. The van der Waals surface area contributed by atoms with Gasteiger partial charge in [0.25, 0.3) is 0 Å². The maximum absolute atomic E-state index is 5.54. The molecular formula is C12H20BrN3O2. The van der Waals surface area contributed by atoms with Crippen molar-refractivity contribution in [1.29, 1.82) is 0 Å². The van der Waals surface area contributed by atoms with Crippen LogP contribution in [0.2, 0.25) is 0 Å². The first-order valence-electron chi connectivity index (χ1n) is 5.85. The molecule has 0 spiro atoms. The Bertz CT molecular complexity index is 363. The smallest absolute Gasteiger partial charge is 0.218 e. The quantitative estimate of drug-likeness (QED) is 0.721. The third kappa shape index (κ3) is 5.18. The van der Waals surface area contributed by atoms with Gasteiger partial charge in [0.15, 0.2) is 0 Å². The molecule has 0 aliphatic carbocycles. The summed E-state index contributed by atoms with van der Waals surface area (Å²) in [6, 6.07) is 1.84. The fraction of sp³-hybridized carbons (Fsp3) is 0.667. The van der Waals surface area contributed by atoms with Crippen molar-refractivity contribution < 1.29 is 9.47 Å². The van der Waals surface area contributed by atoms with Crippen molar-refractivity contribution in [2.75, 3.05) is 32.2 Å². The van der Waals surface area contributed by atoms with Crippen molar-refractivity contribution in [3.63, 3.8) is 0 Å². The van der Waals surface area contributed by atoms with Crippen molar-refractivity contribution in [1.82, 2.24) is 9.97 Å². The molecule has 18 heavy (non-hydrogen) atoms. The Morgan fingerprint density at radius 1 is 1.39 bits per heavy atom. The summed E-state index contributed by atoms with van der Waals surface area (Å²) in [5.41, 5.74) is 0. The molecule has 0 aliphatic heterocycles. The van der Waals surface area contributed by atoms with Crippen LogP contribution in [0.5, 0.6) is 5.88 Å². The topological polar surface area (TPSA) is 47.5 Å². The number of halogens is 1. The summed E-state index contributed by atoms with van der Waals surface area (Å²) in [7, 11) is 3.67. The second-order valence-corrected chi connectivity index (χ2v) is 5.61. The van der Waals surface area contributed by atoms with Crippen molar-refractivity contribution in [2.24, 2.45) is 0 Å². The predicted molar refractivity (Wildman–Crippen MR) is 75.7 cm³/mol. The zero-order valence-corrected chi connectivity index (χ0v) is 12.8. The summed E-state index contributed by atoms with van der Waals surface area (Å²) in [5, 5.41) is 0. The van der Waals surface area contributed by atoms with Gasteiger partial charge >= 0.3 is 0 Å². The molecule has 0 saturated carbocycles. The molecule has 1 rings (SSSR count). The van der Waals surface area contributed by atoms with Crippen molar-refractivity contribution in [2.45, 2.75) is 24.8 Å². The molecule has 0 N–H and O–H groups in total. The third-order valence-electron chi connectivity index (χ3n) is 2.19. The van der Waals surface area contributed by atoms with E-state index in [1.54, 1.807) is 7.11 Å². The van der Waals surface area contributed by atoms with Crippen LogP contribution in [0.15, 0.2) is 12.4 Å². The van der Waals surface area contributed by atoms with Gasteiger partial charge in [0.2, 0.25) is 5.88 Å². The number of alkyl halides is 1. The predicted octanol–water partition coefficient (Wildman–Crippen LogP) is 2.11. The Morgan fingerprint density at radius 3 is 2.72 bits per heavy atom. The molecule has 102 valence electrons. The van der Waals surface area contributed by atoms with E-state index in [2.05, 4.69) is 25.9 Å². The van der Waals surface area contributed by atoms with Gasteiger partial charge in [0.05, 0.1) is 17.5 Å². The molecule has 1 heterocycles.